The van der Waals surface area contributed by atoms with Gasteiger partial charge in [-0.05, 0) is 12.1 Å². The number of ether oxygens (including phenoxy) is 1. The van der Waals surface area contributed by atoms with Gasteiger partial charge >= 0.3 is 0 Å². The zero-order chi connectivity index (χ0) is 11.4. The topological polar surface area (TPSA) is 35.0 Å². The van der Waals surface area contributed by atoms with Crippen LogP contribution in [0.1, 0.15) is 0 Å². The molecule has 0 saturated carbocycles. The second-order valence-electron chi connectivity index (χ2n) is 3.02. The Morgan fingerprint density at radius 3 is 2.75 bits per heavy atom. The molecule has 82 valence electrons. The van der Waals surface area contributed by atoms with Crippen LogP contribution in [-0.4, -0.2) is 15.4 Å². The minimum absolute atomic E-state index is 0.439. The molecule has 0 radical (unpaired) electrons. The number of benzene rings is 1. The van der Waals surface area contributed by atoms with Gasteiger partial charge in [-0.3, -0.25) is 0 Å². The first-order chi connectivity index (χ1) is 7.81. The Morgan fingerprint density at radius 1 is 1.31 bits per heavy atom. The van der Waals surface area contributed by atoms with Crippen LogP contribution >= 0.6 is 27.7 Å². The SMILES string of the molecule is C=CCOc1nsnc1-c1ccc(Br)cc1. The second-order valence-corrected chi connectivity index (χ2v) is 4.47. The van der Waals surface area contributed by atoms with Crippen LogP contribution in [0, 0.1) is 0 Å². The third-order valence-electron chi connectivity index (χ3n) is 1.91. The molecule has 1 heterocycles. The highest BCUT2D eigenvalue weighted by Crippen LogP contribution is 2.28. The minimum atomic E-state index is 0.439. The van der Waals surface area contributed by atoms with Crippen molar-refractivity contribution in [3.63, 3.8) is 0 Å². The largest absolute Gasteiger partial charge is 0.471 e. The molecule has 0 fully saturated rings. The van der Waals surface area contributed by atoms with Gasteiger partial charge in [0.05, 0.1) is 11.7 Å². The molecule has 0 spiro atoms. The van der Waals surface area contributed by atoms with Gasteiger partial charge in [0, 0.05) is 10.0 Å². The van der Waals surface area contributed by atoms with E-state index in [2.05, 4.69) is 31.3 Å². The molecule has 0 aliphatic carbocycles. The Balaban J connectivity index is 2.29. The summed E-state index contributed by atoms with van der Waals surface area (Å²) in [5.74, 6) is 0.562. The maximum absolute atomic E-state index is 5.42. The first-order valence-corrected chi connectivity index (χ1v) is 6.16. The molecule has 0 N–H and O–H groups in total. The van der Waals surface area contributed by atoms with E-state index in [-0.39, 0.29) is 0 Å². The summed E-state index contributed by atoms with van der Waals surface area (Å²) in [6, 6.07) is 7.88. The molecule has 2 rings (SSSR count). The standard InChI is InChI=1S/C11H9BrN2OS/c1-2-7-15-11-10(13-16-14-11)8-3-5-9(12)6-4-8/h2-6H,1,7H2. The number of nitrogens with zero attached hydrogens (tertiary/aromatic N) is 2. The van der Waals surface area contributed by atoms with E-state index in [1.807, 2.05) is 24.3 Å². The van der Waals surface area contributed by atoms with Crippen molar-refractivity contribution in [1.82, 2.24) is 8.75 Å². The molecule has 0 bridgehead atoms. The minimum Gasteiger partial charge on any atom is -0.471 e. The summed E-state index contributed by atoms with van der Waals surface area (Å²) >= 11 is 4.54. The first kappa shape index (κ1) is 11.3. The second kappa shape index (κ2) is 5.23. The monoisotopic (exact) mass is 296 g/mol. The molecule has 1 aromatic heterocycles. The number of aromatic nitrogens is 2. The molecule has 0 aliphatic rings. The Labute approximate surface area is 106 Å². The number of hydrogen-bond donors (Lipinski definition) is 0. The normalized spacial score (nSPS) is 10.1. The summed E-state index contributed by atoms with van der Waals surface area (Å²) in [5, 5.41) is 0. The summed E-state index contributed by atoms with van der Waals surface area (Å²) in [4.78, 5) is 0. The number of rotatable bonds is 4. The fraction of sp³-hybridized carbons (Fsp3) is 0.0909. The molecule has 1 aromatic carbocycles. The third-order valence-corrected chi connectivity index (χ3v) is 2.95. The van der Waals surface area contributed by atoms with Gasteiger partial charge in [0.2, 0.25) is 0 Å². The lowest BCUT2D eigenvalue weighted by atomic mass is 10.2. The van der Waals surface area contributed by atoms with Crippen molar-refractivity contribution in [3.05, 3.63) is 41.4 Å². The van der Waals surface area contributed by atoms with Crippen molar-refractivity contribution >= 4 is 27.7 Å². The average molecular weight is 297 g/mol. The predicted octanol–water partition coefficient (Wildman–Crippen LogP) is 3.53. The van der Waals surface area contributed by atoms with Crippen LogP contribution in [0.4, 0.5) is 0 Å². The highest BCUT2D eigenvalue weighted by atomic mass is 79.9. The fourth-order valence-electron chi connectivity index (χ4n) is 1.20. The van der Waals surface area contributed by atoms with Gasteiger partial charge in [0.25, 0.3) is 5.88 Å². The smallest absolute Gasteiger partial charge is 0.254 e. The van der Waals surface area contributed by atoms with Crippen LogP contribution in [0.5, 0.6) is 5.88 Å². The van der Waals surface area contributed by atoms with Crippen molar-refractivity contribution in [3.8, 4) is 17.1 Å². The fourth-order valence-corrected chi connectivity index (χ4v) is 1.98. The molecule has 2 aromatic rings. The summed E-state index contributed by atoms with van der Waals surface area (Å²) in [7, 11) is 0. The van der Waals surface area contributed by atoms with E-state index in [4.69, 9.17) is 4.74 Å². The van der Waals surface area contributed by atoms with E-state index in [0.29, 0.717) is 12.5 Å². The van der Waals surface area contributed by atoms with E-state index in [9.17, 15) is 0 Å². The van der Waals surface area contributed by atoms with Crippen molar-refractivity contribution < 1.29 is 4.74 Å². The Morgan fingerprint density at radius 2 is 2.06 bits per heavy atom. The van der Waals surface area contributed by atoms with E-state index < -0.39 is 0 Å². The quantitative estimate of drug-likeness (QED) is 0.810. The van der Waals surface area contributed by atoms with Crippen LogP contribution in [0.2, 0.25) is 0 Å². The van der Waals surface area contributed by atoms with Gasteiger partial charge in [-0.15, -0.1) is 4.37 Å². The molecule has 5 heteroatoms. The molecule has 3 nitrogen and oxygen atoms in total. The van der Waals surface area contributed by atoms with E-state index >= 15 is 0 Å². The van der Waals surface area contributed by atoms with Gasteiger partial charge in [0.15, 0.2) is 0 Å². The van der Waals surface area contributed by atoms with Gasteiger partial charge in [-0.1, -0.05) is 40.7 Å². The Hall–Kier alpha value is -1.20. The van der Waals surface area contributed by atoms with Crippen molar-refractivity contribution in [2.45, 2.75) is 0 Å². The van der Waals surface area contributed by atoms with Crippen LogP contribution in [-0.2, 0) is 0 Å². The lowest BCUT2D eigenvalue weighted by molar-refractivity contribution is 0.353. The lowest BCUT2D eigenvalue weighted by Crippen LogP contribution is -1.94. The van der Waals surface area contributed by atoms with Crippen LogP contribution in [0.25, 0.3) is 11.3 Å². The van der Waals surface area contributed by atoms with Crippen LogP contribution in [0.3, 0.4) is 0 Å². The highest BCUT2D eigenvalue weighted by Gasteiger charge is 2.10. The maximum atomic E-state index is 5.42. The summed E-state index contributed by atoms with van der Waals surface area (Å²) in [6.07, 6.45) is 1.69. The summed E-state index contributed by atoms with van der Waals surface area (Å²) < 4.78 is 14.8. The number of halogens is 1. The van der Waals surface area contributed by atoms with Crippen molar-refractivity contribution in [2.24, 2.45) is 0 Å². The first-order valence-electron chi connectivity index (χ1n) is 4.63. The molecule has 0 aliphatic heterocycles. The summed E-state index contributed by atoms with van der Waals surface area (Å²) in [5.41, 5.74) is 1.77. The van der Waals surface area contributed by atoms with Crippen molar-refractivity contribution in [2.75, 3.05) is 6.61 Å². The Kier molecular flexibility index (Phi) is 3.69. The molecular weight excluding hydrogens is 288 g/mol. The van der Waals surface area contributed by atoms with E-state index in [0.717, 1.165) is 27.5 Å². The summed E-state index contributed by atoms with van der Waals surface area (Å²) in [6.45, 7) is 4.04. The van der Waals surface area contributed by atoms with Crippen LogP contribution < -0.4 is 4.74 Å². The zero-order valence-electron chi connectivity index (χ0n) is 8.39. The number of hydrogen-bond acceptors (Lipinski definition) is 4. The highest BCUT2D eigenvalue weighted by molar-refractivity contribution is 9.10. The van der Waals surface area contributed by atoms with Gasteiger partial charge in [-0.2, -0.15) is 4.37 Å². The molecular formula is C11H9BrN2OS. The Bertz CT molecular complexity index is 481. The molecule has 0 amide bonds. The third kappa shape index (κ3) is 2.48. The van der Waals surface area contributed by atoms with Gasteiger partial charge < -0.3 is 4.74 Å². The van der Waals surface area contributed by atoms with Gasteiger partial charge in [0.1, 0.15) is 12.3 Å². The molecule has 0 atom stereocenters. The van der Waals surface area contributed by atoms with Gasteiger partial charge in [-0.25, -0.2) is 0 Å². The van der Waals surface area contributed by atoms with Crippen molar-refractivity contribution in [1.29, 1.82) is 0 Å². The lowest BCUT2D eigenvalue weighted by Gasteiger charge is -2.01. The van der Waals surface area contributed by atoms with Crippen LogP contribution in [0.15, 0.2) is 41.4 Å². The predicted molar refractivity (Wildman–Crippen MR) is 68.7 cm³/mol. The average Bonchev–Trinajstić information content (AvgIpc) is 2.75. The van der Waals surface area contributed by atoms with E-state index in [1.165, 1.54) is 0 Å². The maximum Gasteiger partial charge on any atom is 0.254 e. The molecule has 0 saturated heterocycles. The zero-order valence-corrected chi connectivity index (χ0v) is 10.8. The molecule has 0 unspecified atom stereocenters. The van der Waals surface area contributed by atoms with E-state index in [1.54, 1.807) is 6.08 Å². The molecule has 16 heavy (non-hydrogen) atoms.